The molecule has 8 nitrogen and oxygen atoms in total. The Balaban J connectivity index is 1.54. The number of aryl methyl sites for hydroxylation is 1. The number of amides is 1. The molecule has 1 saturated heterocycles. The summed E-state index contributed by atoms with van der Waals surface area (Å²) in [6.45, 7) is 2.43. The fourth-order valence-electron chi connectivity index (χ4n) is 3.47. The van der Waals surface area contributed by atoms with E-state index in [-0.39, 0.29) is 22.9 Å². The lowest BCUT2D eigenvalue weighted by Gasteiger charge is -2.31. The summed E-state index contributed by atoms with van der Waals surface area (Å²) in [5, 5.41) is 10.3. The number of nitrogens with zero attached hydrogens (tertiary/aromatic N) is 3. The molecule has 3 aromatic rings. The minimum Gasteiger partial charge on any atom is -0.326 e. The van der Waals surface area contributed by atoms with Gasteiger partial charge in [-0.25, -0.2) is 13.0 Å². The van der Waals surface area contributed by atoms with E-state index in [0.29, 0.717) is 30.6 Å². The van der Waals surface area contributed by atoms with Crippen molar-refractivity contribution < 1.29 is 17.8 Å². The van der Waals surface area contributed by atoms with Crippen molar-refractivity contribution in [2.75, 3.05) is 18.4 Å². The molecule has 4 rings (SSSR count). The first kappa shape index (κ1) is 18.6. The van der Waals surface area contributed by atoms with Crippen LogP contribution in [0.4, 0.5) is 5.69 Å². The van der Waals surface area contributed by atoms with Crippen LogP contribution in [-0.4, -0.2) is 42.0 Å². The van der Waals surface area contributed by atoms with E-state index in [4.69, 9.17) is 0 Å². The Kier molecular flexibility index (Phi) is 4.86. The first-order valence-electron chi connectivity index (χ1n) is 9.04. The van der Waals surface area contributed by atoms with Crippen molar-refractivity contribution >= 4 is 32.7 Å². The van der Waals surface area contributed by atoms with E-state index in [1.54, 1.807) is 12.1 Å². The number of rotatable bonds is 4. The van der Waals surface area contributed by atoms with Crippen LogP contribution in [0, 0.1) is 12.8 Å². The molecule has 0 aliphatic carbocycles. The van der Waals surface area contributed by atoms with Gasteiger partial charge in [0.05, 0.1) is 5.92 Å². The van der Waals surface area contributed by atoms with Crippen LogP contribution in [0.25, 0.3) is 11.0 Å². The fraction of sp³-hybridized carbons (Fsp3) is 0.316. The molecule has 1 aromatic heterocycles. The summed E-state index contributed by atoms with van der Waals surface area (Å²) in [6, 6.07) is 12.2. The van der Waals surface area contributed by atoms with E-state index in [1.165, 1.54) is 10.4 Å². The van der Waals surface area contributed by atoms with E-state index in [9.17, 15) is 13.2 Å². The third kappa shape index (κ3) is 3.50. The van der Waals surface area contributed by atoms with Crippen LogP contribution in [0.1, 0.15) is 18.4 Å². The molecule has 9 heteroatoms. The van der Waals surface area contributed by atoms with Gasteiger partial charge in [0.25, 0.3) is 0 Å². The van der Waals surface area contributed by atoms with Crippen LogP contribution >= 0.6 is 0 Å². The molecule has 1 fully saturated rings. The number of sulfonamides is 1. The third-order valence-electron chi connectivity index (χ3n) is 4.91. The van der Waals surface area contributed by atoms with Gasteiger partial charge in [-0.05, 0) is 59.9 Å². The second kappa shape index (κ2) is 7.33. The van der Waals surface area contributed by atoms with Crippen LogP contribution in [0.15, 0.2) is 52.0 Å². The second-order valence-electron chi connectivity index (χ2n) is 6.95. The minimum atomic E-state index is -3.81. The van der Waals surface area contributed by atoms with Gasteiger partial charge in [0.1, 0.15) is 10.4 Å². The van der Waals surface area contributed by atoms with Gasteiger partial charge < -0.3 is 5.32 Å². The van der Waals surface area contributed by atoms with E-state index >= 15 is 0 Å². The molecule has 1 amide bonds. The van der Waals surface area contributed by atoms with Crippen LogP contribution in [0.2, 0.25) is 0 Å². The molecular weight excluding hydrogens is 380 g/mol. The average Bonchev–Trinajstić information content (AvgIpc) is 3.17. The summed E-state index contributed by atoms with van der Waals surface area (Å²) in [5.74, 6) is -0.592. The fourth-order valence-corrected chi connectivity index (χ4v) is 5.13. The van der Waals surface area contributed by atoms with Gasteiger partial charge in [0.15, 0.2) is 5.52 Å². The summed E-state index contributed by atoms with van der Waals surface area (Å²) in [4.78, 5) is 12.7. The van der Waals surface area contributed by atoms with E-state index in [2.05, 4.69) is 20.3 Å². The standard InChI is InChI=1S/C19H20N4O4S/c1-13-5-2-7-15(11-13)20-19(24)14-6-4-10-23(12-14)28(25,26)17-9-3-8-16-18(17)22-27-21-16/h2-3,5,7-9,11,14H,4,6,10,12H2,1H3,(H,20,24)/t14-/m0/s1. The molecule has 1 atom stereocenters. The Morgan fingerprint density at radius 3 is 2.86 bits per heavy atom. The van der Waals surface area contributed by atoms with Crippen molar-refractivity contribution in [3.8, 4) is 0 Å². The van der Waals surface area contributed by atoms with Gasteiger partial charge in [0.2, 0.25) is 15.9 Å². The van der Waals surface area contributed by atoms with Gasteiger partial charge in [0, 0.05) is 18.8 Å². The summed E-state index contributed by atoms with van der Waals surface area (Å²) in [5.41, 5.74) is 2.34. The summed E-state index contributed by atoms with van der Waals surface area (Å²) < 4.78 is 32.3. The van der Waals surface area contributed by atoms with E-state index < -0.39 is 15.9 Å². The van der Waals surface area contributed by atoms with Crippen LogP contribution < -0.4 is 5.32 Å². The maximum Gasteiger partial charge on any atom is 0.245 e. The molecule has 0 saturated carbocycles. The highest BCUT2D eigenvalue weighted by atomic mass is 32.2. The molecule has 0 unspecified atom stereocenters. The zero-order valence-corrected chi connectivity index (χ0v) is 16.1. The summed E-state index contributed by atoms with van der Waals surface area (Å²) >= 11 is 0. The highest BCUT2D eigenvalue weighted by Crippen LogP contribution is 2.28. The van der Waals surface area contributed by atoms with Crippen molar-refractivity contribution in [1.29, 1.82) is 0 Å². The Labute approximate surface area is 162 Å². The van der Waals surface area contributed by atoms with Crippen LogP contribution in [0.5, 0.6) is 0 Å². The normalized spacial score (nSPS) is 18.2. The van der Waals surface area contributed by atoms with Crippen molar-refractivity contribution in [3.05, 3.63) is 48.0 Å². The van der Waals surface area contributed by atoms with Gasteiger partial charge >= 0.3 is 0 Å². The number of piperidine rings is 1. The topological polar surface area (TPSA) is 105 Å². The number of fused-ring (bicyclic) bond motifs is 1. The lowest BCUT2D eigenvalue weighted by atomic mass is 9.98. The molecule has 2 aromatic carbocycles. The average molecular weight is 400 g/mol. The van der Waals surface area contributed by atoms with Gasteiger partial charge in [-0.1, -0.05) is 18.2 Å². The molecule has 0 bridgehead atoms. The molecule has 146 valence electrons. The number of nitrogens with one attached hydrogen (secondary N) is 1. The molecule has 1 aliphatic rings. The smallest absolute Gasteiger partial charge is 0.245 e. The van der Waals surface area contributed by atoms with E-state index in [0.717, 1.165) is 5.56 Å². The highest BCUT2D eigenvalue weighted by Gasteiger charge is 2.34. The lowest BCUT2D eigenvalue weighted by Crippen LogP contribution is -2.43. The van der Waals surface area contributed by atoms with Crippen molar-refractivity contribution in [1.82, 2.24) is 14.6 Å². The molecular formula is C19H20N4O4S. The maximum atomic E-state index is 13.2. The monoisotopic (exact) mass is 400 g/mol. The molecule has 0 radical (unpaired) electrons. The number of benzene rings is 2. The van der Waals surface area contributed by atoms with Crippen molar-refractivity contribution in [2.45, 2.75) is 24.7 Å². The number of hydrogen-bond acceptors (Lipinski definition) is 6. The predicted molar refractivity (Wildman–Crippen MR) is 103 cm³/mol. The third-order valence-corrected chi connectivity index (χ3v) is 6.80. The zero-order valence-electron chi connectivity index (χ0n) is 15.3. The second-order valence-corrected chi connectivity index (χ2v) is 8.86. The molecule has 1 aliphatic heterocycles. The van der Waals surface area contributed by atoms with E-state index in [1.807, 2.05) is 31.2 Å². The molecule has 0 spiro atoms. The molecule has 28 heavy (non-hydrogen) atoms. The largest absolute Gasteiger partial charge is 0.326 e. The Morgan fingerprint density at radius 1 is 1.21 bits per heavy atom. The predicted octanol–water partition coefficient (Wildman–Crippen LogP) is 2.57. The molecule has 2 heterocycles. The Morgan fingerprint density at radius 2 is 2.04 bits per heavy atom. The van der Waals surface area contributed by atoms with Crippen LogP contribution in [-0.2, 0) is 14.8 Å². The Bertz CT molecular complexity index is 1130. The summed E-state index contributed by atoms with van der Waals surface area (Å²) in [6.07, 6.45) is 1.25. The van der Waals surface area contributed by atoms with Gasteiger partial charge in [-0.2, -0.15) is 4.31 Å². The maximum absolute atomic E-state index is 13.2. The Hall–Kier alpha value is -2.78. The highest BCUT2D eigenvalue weighted by molar-refractivity contribution is 7.89. The minimum absolute atomic E-state index is 0.0472. The van der Waals surface area contributed by atoms with Gasteiger partial charge in [-0.15, -0.1) is 0 Å². The zero-order chi connectivity index (χ0) is 19.7. The van der Waals surface area contributed by atoms with Gasteiger partial charge in [-0.3, -0.25) is 4.79 Å². The van der Waals surface area contributed by atoms with Crippen LogP contribution in [0.3, 0.4) is 0 Å². The first-order chi connectivity index (χ1) is 13.4. The quantitative estimate of drug-likeness (QED) is 0.722. The number of carbonyl (C=O) groups excluding carboxylic acids is 1. The summed E-state index contributed by atoms with van der Waals surface area (Å²) in [7, 11) is -3.81. The number of aromatic nitrogens is 2. The SMILES string of the molecule is Cc1cccc(NC(=O)[C@H]2CCCN(S(=O)(=O)c3cccc4nonc34)C2)c1. The van der Waals surface area contributed by atoms with Crippen molar-refractivity contribution in [2.24, 2.45) is 5.92 Å². The number of anilines is 1. The lowest BCUT2D eigenvalue weighted by molar-refractivity contribution is -0.120. The first-order valence-corrected chi connectivity index (χ1v) is 10.5. The van der Waals surface area contributed by atoms with Crippen molar-refractivity contribution in [3.63, 3.8) is 0 Å². The number of hydrogen-bond donors (Lipinski definition) is 1. The molecule has 1 N–H and O–H groups in total. The number of carbonyl (C=O) groups is 1.